The van der Waals surface area contributed by atoms with Crippen molar-refractivity contribution in [3.05, 3.63) is 34.2 Å². The van der Waals surface area contributed by atoms with Gasteiger partial charge in [-0.15, -0.1) is 0 Å². The van der Waals surface area contributed by atoms with Gasteiger partial charge in [-0.1, -0.05) is 6.07 Å². The summed E-state index contributed by atoms with van der Waals surface area (Å²) in [6, 6.07) is 3.48. The van der Waals surface area contributed by atoms with Crippen LogP contribution < -0.4 is 5.56 Å². The summed E-state index contributed by atoms with van der Waals surface area (Å²) in [5, 5.41) is 8.64. The van der Waals surface area contributed by atoms with Crippen molar-refractivity contribution in [1.29, 1.82) is 0 Å². The predicted molar refractivity (Wildman–Crippen MR) is 65.6 cm³/mol. The van der Waals surface area contributed by atoms with E-state index in [1.165, 1.54) is 0 Å². The van der Waals surface area contributed by atoms with Gasteiger partial charge in [0.1, 0.15) is 0 Å². The zero-order valence-electron chi connectivity index (χ0n) is 10.2. The van der Waals surface area contributed by atoms with Crippen LogP contribution >= 0.6 is 0 Å². The average Bonchev–Trinajstić information content (AvgIpc) is 2.83. The Labute approximate surface area is 105 Å². The molecule has 0 amide bonds. The van der Waals surface area contributed by atoms with Gasteiger partial charge in [-0.05, 0) is 25.3 Å². The van der Waals surface area contributed by atoms with Crippen molar-refractivity contribution in [1.82, 2.24) is 4.57 Å². The van der Waals surface area contributed by atoms with Gasteiger partial charge in [0, 0.05) is 24.8 Å². The number of carboxylic acid groups (broad SMARTS) is 1. The van der Waals surface area contributed by atoms with E-state index in [2.05, 4.69) is 0 Å². The second-order valence-corrected chi connectivity index (χ2v) is 4.52. The minimum Gasteiger partial charge on any atom is -0.481 e. The third kappa shape index (κ3) is 3.20. The third-order valence-electron chi connectivity index (χ3n) is 3.13. The van der Waals surface area contributed by atoms with Crippen molar-refractivity contribution < 1.29 is 14.6 Å². The lowest BCUT2D eigenvalue weighted by Crippen LogP contribution is -2.28. The molecular formula is C13H17NO4. The van der Waals surface area contributed by atoms with Crippen LogP contribution in [-0.4, -0.2) is 28.4 Å². The highest BCUT2D eigenvalue weighted by molar-refractivity contribution is 5.67. The maximum Gasteiger partial charge on any atom is 0.303 e. The monoisotopic (exact) mass is 251 g/mol. The van der Waals surface area contributed by atoms with Gasteiger partial charge >= 0.3 is 5.97 Å². The van der Waals surface area contributed by atoms with Gasteiger partial charge in [-0.3, -0.25) is 9.59 Å². The molecule has 1 unspecified atom stereocenters. The van der Waals surface area contributed by atoms with Gasteiger partial charge < -0.3 is 14.4 Å². The van der Waals surface area contributed by atoms with E-state index in [0.717, 1.165) is 19.4 Å². The van der Waals surface area contributed by atoms with Crippen LogP contribution in [0.4, 0.5) is 0 Å². The van der Waals surface area contributed by atoms with Gasteiger partial charge in [0.15, 0.2) is 0 Å². The normalized spacial score (nSPS) is 19.0. The number of ether oxygens (including phenoxy) is 1. The molecule has 18 heavy (non-hydrogen) atoms. The predicted octanol–water partition coefficient (Wildman–Crippen LogP) is 1.04. The molecule has 1 saturated heterocycles. The molecule has 0 saturated carbocycles. The molecule has 1 atom stereocenters. The molecule has 1 aliphatic heterocycles. The second kappa shape index (κ2) is 5.82. The molecule has 1 aromatic heterocycles. The number of aryl methyl sites for hydroxylation is 1. The maximum atomic E-state index is 12.1. The Hall–Kier alpha value is -1.62. The summed E-state index contributed by atoms with van der Waals surface area (Å²) >= 11 is 0. The lowest BCUT2D eigenvalue weighted by atomic mass is 10.1. The Kier molecular flexibility index (Phi) is 4.15. The fourth-order valence-electron chi connectivity index (χ4n) is 2.17. The van der Waals surface area contributed by atoms with Crippen molar-refractivity contribution >= 4 is 5.97 Å². The first-order valence-corrected chi connectivity index (χ1v) is 6.18. The Bertz CT molecular complexity index is 474. The van der Waals surface area contributed by atoms with Crippen LogP contribution in [-0.2, 0) is 22.5 Å². The lowest BCUT2D eigenvalue weighted by molar-refractivity contribution is -0.136. The Morgan fingerprint density at radius 1 is 1.56 bits per heavy atom. The summed E-state index contributed by atoms with van der Waals surface area (Å²) < 4.78 is 7.11. The molecule has 1 aliphatic rings. The van der Waals surface area contributed by atoms with E-state index in [9.17, 15) is 9.59 Å². The highest BCUT2D eigenvalue weighted by Gasteiger charge is 2.17. The number of nitrogens with zero attached hydrogens (tertiary/aromatic N) is 1. The summed E-state index contributed by atoms with van der Waals surface area (Å²) in [5.74, 6) is -0.885. The molecule has 2 rings (SSSR count). The second-order valence-electron chi connectivity index (χ2n) is 4.52. The number of hydrogen-bond donors (Lipinski definition) is 1. The molecule has 0 radical (unpaired) electrons. The third-order valence-corrected chi connectivity index (χ3v) is 3.13. The molecule has 5 heteroatoms. The minimum atomic E-state index is -0.885. The van der Waals surface area contributed by atoms with Crippen LogP contribution in [0, 0.1) is 0 Å². The molecule has 0 aromatic carbocycles. The Morgan fingerprint density at radius 2 is 2.39 bits per heavy atom. The van der Waals surface area contributed by atoms with Crippen LogP contribution in [0.1, 0.15) is 24.8 Å². The van der Waals surface area contributed by atoms with Crippen molar-refractivity contribution in [2.24, 2.45) is 0 Å². The van der Waals surface area contributed by atoms with Crippen LogP contribution in [0.3, 0.4) is 0 Å². The molecule has 5 nitrogen and oxygen atoms in total. The lowest BCUT2D eigenvalue weighted by Gasteiger charge is -2.12. The Balaban J connectivity index is 2.08. The SMILES string of the molecule is O=C(O)CCc1cccn(CC2CCCO2)c1=O. The summed E-state index contributed by atoms with van der Waals surface area (Å²) in [6.45, 7) is 1.32. The largest absolute Gasteiger partial charge is 0.481 e. The highest BCUT2D eigenvalue weighted by atomic mass is 16.5. The van der Waals surface area contributed by atoms with E-state index in [0.29, 0.717) is 12.1 Å². The first kappa shape index (κ1) is 12.8. The van der Waals surface area contributed by atoms with Crippen molar-refractivity contribution in [2.45, 2.75) is 38.3 Å². The molecule has 1 fully saturated rings. The van der Waals surface area contributed by atoms with E-state index < -0.39 is 5.97 Å². The molecule has 2 heterocycles. The summed E-state index contributed by atoms with van der Waals surface area (Å²) in [6.07, 6.45) is 4.12. The van der Waals surface area contributed by atoms with Crippen LogP contribution in [0.5, 0.6) is 0 Å². The quantitative estimate of drug-likeness (QED) is 0.849. The fraction of sp³-hybridized carbons (Fsp3) is 0.538. The number of hydrogen-bond acceptors (Lipinski definition) is 3. The van der Waals surface area contributed by atoms with Crippen LogP contribution in [0.15, 0.2) is 23.1 Å². The zero-order valence-corrected chi connectivity index (χ0v) is 10.2. The van der Waals surface area contributed by atoms with Crippen LogP contribution in [0.25, 0.3) is 0 Å². The minimum absolute atomic E-state index is 0.0147. The summed E-state index contributed by atoms with van der Waals surface area (Å²) in [4.78, 5) is 22.6. The summed E-state index contributed by atoms with van der Waals surface area (Å²) in [5.41, 5.74) is 0.451. The van der Waals surface area contributed by atoms with Gasteiger partial charge in [-0.2, -0.15) is 0 Å². The van der Waals surface area contributed by atoms with E-state index >= 15 is 0 Å². The number of carbonyl (C=O) groups is 1. The average molecular weight is 251 g/mol. The highest BCUT2D eigenvalue weighted by Crippen LogP contribution is 2.13. The molecular weight excluding hydrogens is 234 g/mol. The van der Waals surface area contributed by atoms with Gasteiger partial charge in [0.05, 0.1) is 12.6 Å². The molecule has 0 spiro atoms. The smallest absolute Gasteiger partial charge is 0.303 e. The first-order chi connectivity index (χ1) is 8.66. The number of carboxylic acids is 1. The number of aromatic nitrogens is 1. The van der Waals surface area contributed by atoms with Crippen molar-refractivity contribution in [3.63, 3.8) is 0 Å². The van der Waals surface area contributed by atoms with Gasteiger partial charge in [0.2, 0.25) is 0 Å². The van der Waals surface area contributed by atoms with Gasteiger partial charge in [0.25, 0.3) is 5.56 Å². The van der Waals surface area contributed by atoms with Crippen LogP contribution in [0.2, 0.25) is 0 Å². The maximum absolute atomic E-state index is 12.1. The Morgan fingerprint density at radius 3 is 3.06 bits per heavy atom. The van der Waals surface area contributed by atoms with Crippen molar-refractivity contribution in [2.75, 3.05) is 6.61 Å². The molecule has 1 aromatic rings. The molecule has 98 valence electrons. The first-order valence-electron chi connectivity index (χ1n) is 6.18. The number of rotatable bonds is 5. The standard InChI is InChI=1S/C13H17NO4/c15-12(16)6-5-10-3-1-7-14(13(10)17)9-11-4-2-8-18-11/h1,3,7,11H,2,4-6,8-9H2,(H,15,16). The van der Waals surface area contributed by atoms with E-state index in [-0.39, 0.29) is 24.5 Å². The topological polar surface area (TPSA) is 68.5 Å². The number of aliphatic carboxylic acids is 1. The molecule has 0 bridgehead atoms. The number of pyridine rings is 1. The fourth-order valence-corrected chi connectivity index (χ4v) is 2.17. The van der Waals surface area contributed by atoms with E-state index in [1.807, 2.05) is 0 Å². The van der Waals surface area contributed by atoms with Crippen molar-refractivity contribution in [3.8, 4) is 0 Å². The van der Waals surface area contributed by atoms with E-state index in [4.69, 9.17) is 9.84 Å². The van der Waals surface area contributed by atoms with E-state index in [1.54, 1.807) is 22.9 Å². The zero-order chi connectivity index (χ0) is 13.0. The molecule has 0 aliphatic carbocycles. The summed E-state index contributed by atoms with van der Waals surface area (Å²) in [7, 11) is 0. The molecule has 1 N–H and O–H groups in total. The van der Waals surface area contributed by atoms with Gasteiger partial charge in [-0.25, -0.2) is 0 Å².